The summed E-state index contributed by atoms with van der Waals surface area (Å²) in [5.74, 6) is -0.469. The van der Waals surface area contributed by atoms with E-state index in [2.05, 4.69) is 5.32 Å². The fraction of sp³-hybridized carbons (Fsp3) is 0.938. The third kappa shape index (κ3) is 3.53. The lowest BCUT2D eigenvalue weighted by Gasteiger charge is -2.32. The van der Waals surface area contributed by atoms with Crippen LogP contribution in [0.1, 0.15) is 64.7 Å². The van der Waals surface area contributed by atoms with Crippen molar-refractivity contribution in [2.75, 3.05) is 13.2 Å². The average molecular weight is 283 g/mol. The van der Waals surface area contributed by atoms with Crippen LogP contribution in [0.15, 0.2) is 0 Å². The lowest BCUT2D eigenvalue weighted by Crippen LogP contribution is -2.55. The molecule has 0 radical (unpaired) electrons. The molecule has 2 aliphatic rings. The molecule has 20 heavy (non-hydrogen) atoms. The summed E-state index contributed by atoms with van der Waals surface area (Å²) in [4.78, 5) is 11.7. The topological polar surface area (TPSA) is 58.6 Å². The van der Waals surface area contributed by atoms with Crippen molar-refractivity contribution in [1.82, 2.24) is 5.32 Å². The molecule has 0 bridgehead atoms. The number of carboxylic acid groups (broad SMARTS) is 1. The van der Waals surface area contributed by atoms with Crippen molar-refractivity contribution >= 4 is 5.97 Å². The number of nitrogens with one attached hydrogen (secondary N) is 1. The highest BCUT2D eigenvalue weighted by Crippen LogP contribution is 2.38. The Kier molecular flexibility index (Phi) is 5.85. The van der Waals surface area contributed by atoms with Gasteiger partial charge in [0.05, 0.1) is 6.10 Å². The normalized spacial score (nSPS) is 31.6. The number of hydrogen-bond donors (Lipinski definition) is 2. The predicted octanol–water partition coefficient (Wildman–Crippen LogP) is 2.96. The Labute approximate surface area is 122 Å². The molecule has 116 valence electrons. The molecule has 0 aromatic heterocycles. The average Bonchev–Trinajstić information content (AvgIpc) is 2.85. The molecule has 0 spiro atoms. The Hall–Kier alpha value is -0.610. The largest absolute Gasteiger partial charge is 0.480 e. The highest BCUT2D eigenvalue weighted by atomic mass is 16.5. The van der Waals surface area contributed by atoms with Crippen LogP contribution >= 0.6 is 0 Å². The Morgan fingerprint density at radius 3 is 2.65 bits per heavy atom. The van der Waals surface area contributed by atoms with Crippen LogP contribution < -0.4 is 5.32 Å². The van der Waals surface area contributed by atoms with Gasteiger partial charge in [-0.15, -0.1) is 0 Å². The summed E-state index contributed by atoms with van der Waals surface area (Å²) < 4.78 is 5.98. The highest BCUT2D eigenvalue weighted by molar-refractivity contribution is 5.79. The maximum absolute atomic E-state index is 11.7. The maximum Gasteiger partial charge on any atom is 0.324 e. The fourth-order valence-electron chi connectivity index (χ4n) is 3.98. The van der Waals surface area contributed by atoms with Gasteiger partial charge in [0.2, 0.25) is 0 Å². The highest BCUT2D eigenvalue weighted by Gasteiger charge is 2.48. The number of aliphatic carboxylic acids is 1. The summed E-state index contributed by atoms with van der Waals surface area (Å²) in [5, 5.41) is 12.9. The Balaban J connectivity index is 1.82. The zero-order chi connectivity index (χ0) is 14.4. The van der Waals surface area contributed by atoms with E-state index in [0.29, 0.717) is 12.6 Å². The minimum atomic E-state index is -0.704. The molecule has 2 N–H and O–H groups in total. The van der Waals surface area contributed by atoms with E-state index in [1.54, 1.807) is 0 Å². The molecule has 0 aromatic carbocycles. The first kappa shape index (κ1) is 15.8. The molecule has 0 aliphatic heterocycles. The van der Waals surface area contributed by atoms with E-state index in [4.69, 9.17) is 4.74 Å². The lowest BCUT2D eigenvalue weighted by molar-refractivity contribution is -0.147. The second-order valence-electron chi connectivity index (χ2n) is 6.32. The third-order valence-corrected chi connectivity index (χ3v) is 5.07. The lowest BCUT2D eigenvalue weighted by atomic mass is 9.84. The number of carbonyl (C=O) groups is 1. The summed E-state index contributed by atoms with van der Waals surface area (Å²) in [5.41, 5.74) is -0.704. The number of rotatable bonds is 7. The number of carboxylic acids is 1. The summed E-state index contributed by atoms with van der Waals surface area (Å²) in [6.07, 6.45) is 10.3. The van der Waals surface area contributed by atoms with Crippen molar-refractivity contribution in [2.24, 2.45) is 5.92 Å². The van der Waals surface area contributed by atoms with Crippen LogP contribution in [0.2, 0.25) is 0 Å². The van der Waals surface area contributed by atoms with Gasteiger partial charge >= 0.3 is 5.97 Å². The first-order valence-corrected chi connectivity index (χ1v) is 8.29. The monoisotopic (exact) mass is 283 g/mol. The molecule has 0 heterocycles. The molecule has 0 amide bonds. The number of hydrogen-bond acceptors (Lipinski definition) is 3. The fourth-order valence-corrected chi connectivity index (χ4v) is 3.98. The van der Waals surface area contributed by atoms with E-state index < -0.39 is 11.5 Å². The van der Waals surface area contributed by atoms with Gasteiger partial charge in [-0.05, 0) is 44.6 Å². The van der Waals surface area contributed by atoms with Crippen molar-refractivity contribution in [1.29, 1.82) is 0 Å². The molecule has 2 atom stereocenters. The molecule has 4 nitrogen and oxygen atoms in total. The molecule has 2 rings (SSSR count). The minimum absolute atomic E-state index is 0.212. The van der Waals surface area contributed by atoms with Crippen molar-refractivity contribution in [2.45, 2.75) is 76.4 Å². The van der Waals surface area contributed by atoms with Crippen molar-refractivity contribution in [3.8, 4) is 0 Å². The molecular formula is C16H29NO3. The summed E-state index contributed by atoms with van der Waals surface area (Å²) in [7, 11) is 0. The van der Waals surface area contributed by atoms with Crippen LogP contribution in [0, 0.1) is 5.92 Å². The quantitative estimate of drug-likeness (QED) is 0.754. The molecule has 2 unspecified atom stereocenters. The van der Waals surface area contributed by atoms with Crippen LogP contribution in [-0.4, -0.2) is 35.9 Å². The molecule has 2 fully saturated rings. The summed E-state index contributed by atoms with van der Waals surface area (Å²) in [6.45, 7) is 3.42. The van der Waals surface area contributed by atoms with Gasteiger partial charge in [0.15, 0.2) is 0 Å². The SMILES string of the molecule is CCNC1(C(=O)O)CCCC1CCOC1CCCCC1. The molecule has 0 saturated heterocycles. The van der Waals surface area contributed by atoms with E-state index in [9.17, 15) is 9.90 Å². The number of likely N-dealkylation sites (N-methyl/N-ethyl adjacent to an activating group) is 1. The van der Waals surface area contributed by atoms with Crippen LogP contribution in [0.25, 0.3) is 0 Å². The van der Waals surface area contributed by atoms with Gasteiger partial charge < -0.3 is 15.2 Å². The molecule has 0 aromatic rings. The van der Waals surface area contributed by atoms with Crippen LogP contribution in [0.4, 0.5) is 0 Å². The van der Waals surface area contributed by atoms with Crippen molar-refractivity contribution < 1.29 is 14.6 Å². The molecular weight excluding hydrogens is 254 g/mol. The predicted molar refractivity (Wildman–Crippen MR) is 78.8 cm³/mol. The third-order valence-electron chi connectivity index (χ3n) is 5.07. The van der Waals surface area contributed by atoms with E-state index in [0.717, 1.165) is 32.3 Å². The summed E-state index contributed by atoms with van der Waals surface area (Å²) in [6, 6.07) is 0. The van der Waals surface area contributed by atoms with Gasteiger partial charge in [0.1, 0.15) is 5.54 Å². The van der Waals surface area contributed by atoms with Crippen molar-refractivity contribution in [3.63, 3.8) is 0 Å². The van der Waals surface area contributed by atoms with Gasteiger partial charge in [-0.2, -0.15) is 0 Å². The second-order valence-corrected chi connectivity index (χ2v) is 6.32. The Morgan fingerprint density at radius 2 is 2.00 bits per heavy atom. The van der Waals surface area contributed by atoms with Gasteiger partial charge in [0.25, 0.3) is 0 Å². The van der Waals surface area contributed by atoms with Crippen LogP contribution in [-0.2, 0) is 9.53 Å². The second kappa shape index (κ2) is 7.41. The van der Waals surface area contributed by atoms with E-state index in [1.807, 2.05) is 6.92 Å². The van der Waals surface area contributed by atoms with E-state index >= 15 is 0 Å². The van der Waals surface area contributed by atoms with Gasteiger partial charge in [-0.3, -0.25) is 4.79 Å². The van der Waals surface area contributed by atoms with E-state index in [1.165, 1.54) is 32.1 Å². The van der Waals surface area contributed by atoms with Gasteiger partial charge in [-0.25, -0.2) is 0 Å². The first-order chi connectivity index (χ1) is 9.69. The Bertz CT molecular complexity index is 315. The zero-order valence-corrected chi connectivity index (χ0v) is 12.7. The van der Waals surface area contributed by atoms with Gasteiger partial charge in [0, 0.05) is 6.61 Å². The Morgan fingerprint density at radius 1 is 1.25 bits per heavy atom. The maximum atomic E-state index is 11.7. The molecule has 2 saturated carbocycles. The molecule has 4 heteroatoms. The standard InChI is InChI=1S/C16H29NO3/c1-2-17-16(15(18)19)11-6-7-13(16)10-12-20-14-8-4-3-5-9-14/h13-14,17H,2-12H2,1H3,(H,18,19). The smallest absolute Gasteiger partial charge is 0.324 e. The zero-order valence-electron chi connectivity index (χ0n) is 12.7. The van der Waals surface area contributed by atoms with Crippen LogP contribution in [0.5, 0.6) is 0 Å². The molecule has 2 aliphatic carbocycles. The number of ether oxygens (including phenoxy) is 1. The minimum Gasteiger partial charge on any atom is -0.480 e. The summed E-state index contributed by atoms with van der Waals surface area (Å²) >= 11 is 0. The van der Waals surface area contributed by atoms with E-state index in [-0.39, 0.29) is 5.92 Å². The van der Waals surface area contributed by atoms with Crippen molar-refractivity contribution in [3.05, 3.63) is 0 Å². The van der Waals surface area contributed by atoms with Crippen LogP contribution in [0.3, 0.4) is 0 Å². The van der Waals surface area contributed by atoms with Gasteiger partial charge in [-0.1, -0.05) is 32.6 Å². The first-order valence-electron chi connectivity index (χ1n) is 8.29.